The predicted octanol–water partition coefficient (Wildman–Crippen LogP) is 2.53. The molecule has 9 heteroatoms. The van der Waals surface area contributed by atoms with Gasteiger partial charge in [-0.05, 0) is 44.4 Å². The first-order valence-corrected chi connectivity index (χ1v) is 11.1. The van der Waals surface area contributed by atoms with Crippen molar-refractivity contribution in [2.75, 3.05) is 53.4 Å². The molecule has 3 fully saturated rings. The first-order chi connectivity index (χ1) is 13.9. The monoisotopic (exact) mass is 535 g/mol. The number of nitrogens with one attached hydrogen (secondary N) is 1. The normalized spacial score (nSPS) is 21.5. The highest BCUT2D eigenvalue weighted by atomic mass is 127. The number of likely N-dealkylation sites (tertiary alicyclic amines) is 2. The molecule has 0 unspecified atom stereocenters. The minimum absolute atomic E-state index is 0. The van der Waals surface area contributed by atoms with Crippen LogP contribution in [-0.4, -0.2) is 92.1 Å². The van der Waals surface area contributed by atoms with Crippen LogP contribution in [0.15, 0.2) is 4.99 Å². The smallest absolute Gasteiger partial charge is 0.409 e. The van der Waals surface area contributed by atoms with E-state index in [4.69, 9.17) is 9.73 Å². The third kappa shape index (κ3) is 6.37. The van der Waals surface area contributed by atoms with Gasteiger partial charge < -0.3 is 24.8 Å². The van der Waals surface area contributed by atoms with Crippen molar-refractivity contribution in [2.45, 2.75) is 57.9 Å². The van der Waals surface area contributed by atoms with Crippen LogP contribution in [0.2, 0.25) is 0 Å². The standard InChI is InChI=1S/C21H37N5O3.HI/c1-4-29-20(28)25-12-7-17(8-13-25)23-19(22-15-18(27)24(2)3)26-14-11-21(16-26)9-5-6-10-21;/h17H,4-16H2,1-3H3,(H,22,23);1H. The van der Waals surface area contributed by atoms with E-state index in [1.54, 1.807) is 23.9 Å². The number of ether oxygens (including phenoxy) is 1. The average Bonchev–Trinajstić information content (AvgIpc) is 3.35. The highest BCUT2D eigenvalue weighted by Crippen LogP contribution is 2.45. The van der Waals surface area contributed by atoms with Crippen LogP contribution in [0, 0.1) is 5.41 Å². The van der Waals surface area contributed by atoms with Crippen LogP contribution in [-0.2, 0) is 9.53 Å². The van der Waals surface area contributed by atoms with Gasteiger partial charge in [0.15, 0.2) is 5.96 Å². The summed E-state index contributed by atoms with van der Waals surface area (Å²) in [6.07, 6.45) is 8.00. The Morgan fingerprint density at radius 3 is 2.37 bits per heavy atom. The van der Waals surface area contributed by atoms with Crippen LogP contribution >= 0.6 is 24.0 Å². The Labute approximate surface area is 197 Å². The SMILES string of the molecule is CCOC(=O)N1CCC(NC(=NCC(=O)N(C)C)N2CCC3(CCCC3)C2)CC1.I. The second-order valence-electron chi connectivity index (χ2n) is 8.91. The van der Waals surface area contributed by atoms with Gasteiger partial charge in [0, 0.05) is 46.3 Å². The number of hydrogen-bond donors (Lipinski definition) is 1. The number of rotatable bonds is 4. The lowest BCUT2D eigenvalue weighted by atomic mass is 9.86. The van der Waals surface area contributed by atoms with Crippen molar-refractivity contribution < 1.29 is 14.3 Å². The Balaban J connectivity index is 0.00000320. The van der Waals surface area contributed by atoms with Gasteiger partial charge in [-0.2, -0.15) is 0 Å². The molecule has 172 valence electrons. The van der Waals surface area contributed by atoms with Crippen molar-refractivity contribution in [3.63, 3.8) is 0 Å². The van der Waals surface area contributed by atoms with Gasteiger partial charge in [0.1, 0.15) is 6.54 Å². The number of guanidine groups is 1. The fraction of sp³-hybridized carbons (Fsp3) is 0.857. The largest absolute Gasteiger partial charge is 0.450 e. The molecule has 3 rings (SSSR count). The molecule has 1 aliphatic carbocycles. The number of carbonyl (C=O) groups is 2. The van der Waals surface area contributed by atoms with Gasteiger partial charge >= 0.3 is 6.09 Å². The van der Waals surface area contributed by atoms with Crippen LogP contribution < -0.4 is 5.32 Å². The molecule has 1 spiro atoms. The summed E-state index contributed by atoms with van der Waals surface area (Å²) < 4.78 is 5.11. The number of hydrogen-bond acceptors (Lipinski definition) is 4. The Hall–Kier alpha value is -1.26. The van der Waals surface area contributed by atoms with Gasteiger partial charge in [0.2, 0.25) is 5.91 Å². The molecule has 2 aliphatic heterocycles. The van der Waals surface area contributed by atoms with Gasteiger partial charge in [-0.3, -0.25) is 4.79 Å². The predicted molar refractivity (Wildman–Crippen MR) is 128 cm³/mol. The summed E-state index contributed by atoms with van der Waals surface area (Å²) in [5, 5.41) is 3.62. The van der Waals surface area contributed by atoms with Crippen LogP contribution in [0.1, 0.15) is 51.9 Å². The second kappa shape index (κ2) is 11.4. The number of nitrogens with zero attached hydrogens (tertiary/aromatic N) is 4. The molecule has 3 aliphatic rings. The number of piperidine rings is 1. The second-order valence-corrected chi connectivity index (χ2v) is 8.91. The first kappa shape index (κ1) is 25.0. The van der Waals surface area contributed by atoms with Crippen LogP contribution in [0.5, 0.6) is 0 Å². The maximum Gasteiger partial charge on any atom is 0.409 e. The van der Waals surface area contributed by atoms with Crippen molar-refractivity contribution in [2.24, 2.45) is 10.4 Å². The summed E-state index contributed by atoms with van der Waals surface area (Å²) in [5.41, 5.74) is 0.446. The molecule has 1 N–H and O–H groups in total. The van der Waals surface area contributed by atoms with Crippen molar-refractivity contribution in [3.05, 3.63) is 0 Å². The highest BCUT2D eigenvalue weighted by molar-refractivity contribution is 14.0. The highest BCUT2D eigenvalue weighted by Gasteiger charge is 2.41. The molecule has 0 radical (unpaired) electrons. The maximum atomic E-state index is 12.1. The summed E-state index contributed by atoms with van der Waals surface area (Å²) >= 11 is 0. The zero-order chi connectivity index (χ0) is 20.9. The molecular formula is C21H38IN5O3. The van der Waals surface area contributed by atoms with Crippen molar-refractivity contribution >= 4 is 41.9 Å². The minimum atomic E-state index is -0.223. The maximum absolute atomic E-state index is 12.1. The fourth-order valence-electron chi connectivity index (χ4n) is 4.77. The van der Waals surface area contributed by atoms with Crippen molar-refractivity contribution in [3.8, 4) is 0 Å². The lowest BCUT2D eigenvalue weighted by molar-refractivity contribution is -0.127. The molecule has 8 nitrogen and oxygen atoms in total. The molecule has 0 aromatic carbocycles. The van der Waals surface area contributed by atoms with E-state index >= 15 is 0 Å². The lowest BCUT2D eigenvalue weighted by Gasteiger charge is -2.34. The summed E-state index contributed by atoms with van der Waals surface area (Å²) in [6.45, 7) is 5.82. The van der Waals surface area contributed by atoms with E-state index in [1.807, 2.05) is 6.92 Å². The molecule has 0 aromatic rings. The molecule has 2 saturated heterocycles. The Bertz CT molecular complexity index is 614. The van der Waals surface area contributed by atoms with Gasteiger partial charge in [-0.1, -0.05) is 12.8 Å². The number of halogens is 1. The Morgan fingerprint density at radius 2 is 1.77 bits per heavy atom. The number of aliphatic imine (C=N–C) groups is 1. The number of carbonyl (C=O) groups excluding carboxylic acids is 2. The molecule has 1 saturated carbocycles. The van der Waals surface area contributed by atoms with Gasteiger partial charge in [-0.25, -0.2) is 9.79 Å². The number of likely N-dealkylation sites (N-methyl/N-ethyl adjacent to an activating group) is 1. The molecule has 0 atom stereocenters. The molecule has 30 heavy (non-hydrogen) atoms. The molecule has 0 aromatic heterocycles. The molecular weight excluding hydrogens is 497 g/mol. The van der Waals surface area contributed by atoms with Crippen LogP contribution in [0.4, 0.5) is 4.79 Å². The zero-order valence-corrected chi connectivity index (χ0v) is 21.0. The van der Waals surface area contributed by atoms with E-state index in [2.05, 4.69) is 10.2 Å². The van der Waals surface area contributed by atoms with Crippen molar-refractivity contribution in [1.29, 1.82) is 0 Å². The summed E-state index contributed by atoms with van der Waals surface area (Å²) in [4.78, 5) is 34.4. The van der Waals surface area contributed by atoms with Gasteiger partial charge in [0.05, 0.1) is 6.61 Å². The average molecular weight is 535 g/mol. The van der Waals surface area contributed by atoms with E-state index in [-0.39, 0.29) is 48.6 Å². The van der Waals surface area contributed by atoms with Gasteiger partial charge in [0.25, 0.3) is 0 Å². The summed E-state index contributed by atoms with van der Waals surface area (Å²) in [5.74, 6) is 0.870. The lowest BCUT2D eigenvalue weighted by Crippen LogP contribution is -2.51. The van der Waals surface area contributed by atoms with Crippen LogP contribution in [0.3, 0.4) is 0 Å². The minimum Gasteiger partial charge on any atom is -0.450 e. The third-order valence-electron chi connectivity index (χ3n) is 6.62. The van der Waals surface area contributed by atoms with Gasteiger partial charge in [-0.15, -0.1) is 24.0 Å². The summed E-state index contributed by atoms with van der Waals surface area (Å²) in [7, 11) is 3.53. The quantitative estimate of drug-likeness (QED) is 0.340. The summed E-state index contributed by atoms with van der Waals surface area (Å²) in [6, 6.07) is 0.258. The Kier molecular flexibility index (Phi) is 9.49. The van der Waals surface area contributed by atoms with E-state index in [0.29, 0.717) is 25.1 Å². The van der Waals surface area contributed by atoms with E-state index in [0.717, 1.165) is 31.9 Å². The number of amides is 2. The van der Waals surface area contributed by atoms with Crippen LogP contribution in [0.25, 0.3) is 0 Å². The zero-order valence-electron chi connectivity index (χ0n) is 18.7. The third-order valence-corrected chi connectivity index (χ3v) is 6.62. The van der Waals surface area contributed by atoms with E-state index in [9.17, 15) is 9.59 Å². The van der Waals surface area contributed by atoms with E-state index < -0.39 is 0 Å². The topological polar surface area (TPSA) is 77.5 Å². The Morgan fingerprint density at radius 1 is 1.10 bits per heavy atom. The van der Waals surface area contributed by atoms with Crippen molar-refractivity contribution in [1.82, 2.24) is 20.0 Å². The first-order valence-electron chi connectivity index (χ1n) is 11.1. The van der Waals surface area contributed by atoms with E-state index in [1.165, 1.54) is 32.1 Å². The fourth-order valence-corrected chi connectivity index (χ4v) is 4.77. The molecule has 0 bridgehead atoms. The molecule has 2 heterocycles. The molecule has 2 amide bonds.